The van der Waals surface area contributed by atoms with Crippen LogP contribution in [0.5, 0.6) is 0 Å². The molecule has 0 saturated carbocycles. The fourth-order valence-corrected chi connectivity index (χ4v) is 1.09. The van der Waals surface area contributed by atoms with Gasteiger partial charge in [-0.2, -0.15) is 0 Å². The SMILES string of the molecule is C#CC[C@@H](C)CC(C)C. The van der Waals surface area contributed by atoms with Crippen LogP contribution < -0.4 is 0 Å². The van der Waals surface area contributed by atoms with Gasteiger partial charge in [-0.3, -0.25) is 0 Å². The normalized spacial score (nSPS) is 13.2. The summed E-state index contributed by atoms with van der Waals surface area (Å²) in [4.78, 5) is 0. The summed E-state index contributed by atoms with van der Waals surface area (Å²) in [6.45, 7) is 6.67. The van der Waals surface area contributed by atoms with Crippen molar-refractivity contribution in [2.75, 3.05) is 0 Å². The third-order valence-electron chi connectivity index (χ3n) is 1.34. The summed E-state index contributed by atoms with van der Waals surface area (Å²) < 4.78 is 0. The van der Waals surface area contributed by atoms with E-state index in [4.69, 9.17) is 6.42 Å². The van der Waals surface area contributed by atoms with Gasteiger partial charge in [-0.05, 0) is 18.3 Å². The van der Waals surface area contributed by atoms with Gasteiger partial charge in [0.1, 0.15) is 0 Å². The third kappa shape index (κ3) is 5.43. The lowest BCUT2D eigenvalue weighted by Gasteiger charge is -2.09. The zero-order chi connectivity index (χ0) is 7.28. The van der Waals surface area contributed by atoms with E-state index in [0.717, 1.165) is 12.3 Å². The third-order valence-corrected chi connectivity index (χ3v) is 1.34. The van der Waals surface area contributed by atoms with E-state index in [1.807, 2.05) is 0 Å². The van der Waals surface area contributed by atoms with Crippen LogP contribution in [0.2, 0.25) is 0 Å². The van der Waals surface area contributed by atoms with Gasteiger partial charge < -0.3 is 0 Å². The van der Waals surface area contributed by atoms with Crippen molar-refractivity contribution < 1.29 is 0 Å². The number of terminal acetylenes is 1. The first kappa shape index (κ1) is 8.56. The summed E-state index contributed by atoms with van der Waals surface area (Å²) in [5.41, 5.74) is 0. The Kier molecular flexibility index (Phi) is 4.22. The van der Waals surface area contributed by atoms with Crippen LogP contribution in [0.15, 0.2) is 0 Å². The van der Waals surface area contributed by atoms with E-state index < -0.39 is 0 Å². The van der Waals surface area contributed by atoms with Crippen LogP contribution in [0.4, 0.5) is 0 Å². The zero-order valence-corrected chi connectivity index (χ0v) is 6.65. The van der Waals surface area contributed by atoms with Crippen LogP contribution in [0.25, 0.3) is 0 Å². The highest BCUT2D eigenvalue weighted by Crippen LogP contribution is 2.12. The number of hydrogen-bond donors (Lipinski definition) is 0. The Morgan fingerprint density at radius 2 is 1.89 bits per heavy atom. The van der Waals surface area contributed by atoms with E-state index >= 15 is 0 Å². The van der Waals surface area contributed by atoms with Gasteiger partial charge in [0.25, 0.3) is 0 Å². The average Bonchev–Trinajstić information content (AvgIpc) is 1.63. The molecule has 52 valence electrons. The molecule has 0 aromatic rings. The Bertz CT molecular complexity index is 95.1. The Hall–Kier alpha value is -0.440. The minimum atomic E-state index is 0.704. The fourth-order valence-electron chi connectivity index (χ4n) is 1.09. The van der Waals surface area contributed by atoms with Gasteiger partial charge in [0.05, 0.1) is 0 Å². The minimum Gasteiger partial charge on any atom is -0.120 e. The van der Waals surface area contributed by atoms with Crippen LogP contribution in [0.3, 0.4) is 0 Å². The minimum absolute atomic E-state index is 0.704. The van der Waals surface area contributed by atoms with E-state index in [1.165, 1.54) is 6.42 Å². The van der Waals surface area contributed by atoms with Gasteiger partial charge in [-0.15, -0.1) is 12.3 Å². The topological polar surface area (TPSA) is 0 Å². The van der Waals surface area contributed by atoms with Crippen molar-refractivity contribution in [2.24, 2.45) is 11.8 Å². The van der Waals surface area contributed by atoms with Gasteiger partial charge in [0.2, 0.25) is 0 Å². The highest BCUT2D eigenvalue weighted by molar-refractivity contribution is 4.85. The molecule has 0 heterocycles. The van der Waals surface area contributed by atoms with Crippen molar-refractivity contribution in [3.8, 4) is 12.3 Å². The molecule has 0 aliphatic rings. The van der Waals surface area contributed by atoms with Crippen molar-refractivity contribution in [2.45, 2.75) is 33.6 Å². The highest BCUT2D eigenvalue weighted by atomic mass is 14.1. The molecule has 0 spiro atoms. The van der Waals surface area contributed by atoms with Gasteiger partial charge in [0, 0.05) is 6.42 Å². The Morgan fingerprint density at radius 1 is 1.33 bits per heavy atom. The van der Waals surface area contributed by atoms with Gasteiger partial charge in [0.15, 0.2) is 0 Å². The lowest BCUT2D eigenvalue weighted by atomic mass is 9.97. The lowest BCUT2D eigenvalue weighted by molar-refractivity contribution is 0.447. The van der Waals surface area contributed by atoms with Gasteiger partial charge in [-0.25, -0.2) is 0 Å². The molecular formula is C9H16. The Morgan fingerprint density at radius 3 is 2.22 bits per heavy atom. The van der Waals surface area contributed by atoms with E-state index in [-0.39, 0.29) is 0 Å². The maximum Gasteiger partial charge on any atom is 0.0112 e. The number of hydrogen-bond acceptors (Lipinski definition) is 0. The smallest absolute Gasteiger partial charge is 0.0112 e. The lowest BCUT2D eigenvalue weighted by Crippen LogP contribution is -1.98. The molecule has 0 radical (unpaired) electrons. The Labute approximate surface area is 58.7 Å². The van der Waals surface area contributed by atoms with E-state index in [1.54, 1.807) is 0 Å². The van der Waals surface area contributed by atoms with Crippen LogP contribution >= 0.6 is 0 Å². The van der Waals surface area contributed by atoms with E-state index in [9.17, 15) is 0 Å². The van der Waals surface area contributed by atoms with Crippen LogP contribution in [0, 0.1) is 24.2 Å². The molecule has 0 unspecified atom stereocenters. The molecule has 0 nitrogen and oxygen atoms in total. The summed E-state index contributed by atoms with van der Waals surface area (Å²) >= 11 is 0. The maximum absolute atomic E-state index is 5.16. The van der Waals surface area contributed by atoms with Crippen LogP contribution in [-0.4, -0.2) is 0 Å². The molecule has 0 rings (SSSR count). The summed E-state index contributed by atoms with van der Waals surface area (Å²) in [7, 11) is 0. The molecule has 0 aromatic carbocycles. The van der Waals surface area contributed by atoms with Crippen molar-refractivity contribution in [1.82, 2.24) is 0 Å². The molecule has 0 heteroatoms. The Balaban J connectivity index is 3.29. The van der Waals surface area contributed by atoms with Crippen LogP contribution in [-0.2, 0) is 0 Å². The number of rotatable bonds is 3. The molecule has 9 heavy (non-hydrogen) atoms. The predicted octanol–water partition coefficient (Wildman–Crippen LogP) is 2.69. The maximum atomic E-state index is 5.16. The second-order valence-corrected chi connectivity index (χ2v) is 3.14. The largest absolute Gasteiger partial charge is 0.120 e. The summed E-state index contributed by atoms with van der Waals surface area (Å²) in [6, 6.07) is 0. The first-order valence-electron chi connectivity index (χ1n) is 3.60. The van der Waals surface area contributed by atoms with Gasteiger partial charge in [-0.1, -0.05) is 20.8 Å². The molecule has 0 N–H and O–H groups in total. The molecule has 0 saturated heterocycles. The first-order valence-corrected chi connectivity index (χ1v) is 3.60. The summed E-state index contributed by atoms with van der Waals surface area (Å²) in [5.74, 6) is 4.16. The van der Waals surface area contributed by atoms with E-state index in [0.29, 0.717) is 5.92 Å². The van der Waals surface area contributed by atoms with Crippen LogP contribution in [0.1, 0.15) is 33.6 Å². The van der Waals surface area contributed by atoms with Crippen molar-refractivity contribution >= 4 is 0 Å². The summed E-state index contributed by atoms with van der Waals surface area (Å²) in [6.07, 6.45) is 7.34. The van der Waals surface area contributed by atoms with E-state index in [2.05, 4.69) is 26.7 Å². The molecular weight excluding hydrogens is 108 g/mol. The highest BCUT2D eigenvalue weighted by Gasteiger charge is 2.01. The molecule has 0 amide bonds. The van der Waals surface area contributed by atoms with Crippen molar-refractivity contribution in [3.63, 3.8) is 0 Å². The first-order chi connectivity index (χ1) is 4.16. The second-order valence-electron chi connectivity index (χ2n) is 3.14. The molecule has 0 bridgehead atoms. The monoisotopic (exact) mass is 124 g/mol. The zero-order valence-electron chi connectivity index (χ0n) is 6.65. The second kappa shape index (κ2) is 4.44. The molecule has 0 fully saturated rings. The molecule has 0 aromatic heterocycles. The standard InChI is InChI=1S/C9H16/c1-5-6-9(4)7-8(2)3/h1,8-9H,6-7H2,2-4H3/t9-/m1/s1. The summed E-state index contributed by atoms with van der Waals surface area (Å²) in [5, 5.41) is 0. The quantitative estimate of drug-likeness (QED) is 0.507. The van der Waals surface area contributed by atoms with Crippen molar-refractivity contribution in [3.05, 3.63) is 0 Å². The molecule has 0 aliphatic carbocycles. The van der Waals surface area contributed by atoms with Crippen molar-refractivity contribution in [1.29, 1.82) is 0 Å². The molecule has 1 atom stereocenters. The van der Waals surface area contributed by atoms with Gasteiger partial charge >= 0.3 is 0 Å². The average molecular weight is 124 g/mol. The fraction of sp³-hybridized carbons (Fsp3) is 0.778. The molecule has 0 aliphatic heterocycles. The predicted molar refractivity (Wildman–Crippen MR) is 42.1 cm³/mol.